The van der Waals surface area contributed by atoms with Gasteiger partial charge in [0, 0.05) is 38.4 Å². The molecule has 0 aliphatic carbocycles. The van der Waals surface area contributed by atoms with E-state index in [1.54, 1.807) is 4.90 Å². The first-order chi connectivity index (χ1) is 12.1. The van der Waals surface area contributed by atoms with Crippen molar-refractivity contribution in [2.45, 2.75) is 27.7 Å². The highest BCUT2D eigenvalue weighted by Gasteiger charge is 2.27. The number of carbonyl (C=O) groups excluding carboxylic acids is 1. The number of nitrogens with zero attached hydrogens (tertiary/aromatic N) is 3. The molecule has 0 saturated carbocycles. The number of sulfonamides is 1. The first-order valence-electron chi connectivity index (χ1n) is 9.13. The number of hydrogen-bond donors (Lipinski definition) is 0. The highest BCUT2D eigenvalue weighted by atomic mass is 32.2. The quantitative estimate of drug-likeness (QED) is 0.755. The lowest BCUT2D eigenvalue weighted by Gasteiger charge is -2.37. The number of amides is 1. The SMILES string of the molecule is Cc1cccc(N2CCN(C(=O)CN(CC(C)C)S(C)(=O)=O)CC2)c1C. The smallest absolute Gasteiger partial charge is 0.238 e. The summed E-state index contributed by atoms with van der Waals surface area (Å²) in [5.41, 5.74) is 3.75. The third kappa shape index (κ3) is 5.20. The molecular formula is C19H31N3O3S. The molecule has 0 bridgehead atoms. The standard InChI is InChI=1S/C19H31N3O3S/c1-15(2)13-22(26(5,24)25)14-19(23)21-11-9-20(10-12-21)18-8-6-7-16(3)17(18)4/h6-8,15H,9-14H2,1-5H3. The van der Waals surface area contributed by atoms with Crippen LogP contribution in [0.5, 0.6) is 0 Å². The van der Waals surface area contributed by atoms with Crippen molar-refractivity contribution in [2.24, 2.45) is 5.92 Å². The Kier molecular flexibility index (Phi) is 6.69. The molecule has 0 spiro atoms. The van der Waals surface area contributed by atoms with Crippen LogP contribution in [-0.4, -0.2) is 69.1 Å². The van der Waals surface area contributed by atoms with Crippen LogP contribution in [-0.2, 0) is 14.8 Å². The molecule has 1 amide bonds. The Balaban J connectivity index is 1.98. The highest BCUT2D eigenvalue weighted by molar-refractivity contribution is 7.88. The Bertz CT molecular complexity index is 738. The molecule has 26 heavy (non-hydrogen) atoms. The average molecular weight is 382 g/mol. The van der Waals surface area contributed by atoms with Gasteiger partial charge >= 0.3 is 0 Å². The predicted molar refractivity (Wildman–Crippen MR) is 106 cm³/mol. The third-order valence-corrected chi connectivity index (χ3v) is 6.11. The Morgan fingerprint density at radius 3 is 2.31 bits per heavy atom. The third-order valence-electron chi connectivity index (χ3n) is 4.90. The van der Waals surface area contributed by atoms with Crippen molar-refractivity contribution in [1.82, 2.24) is 9.21 Å². The highest BCUT2D eigenvalue weighted by Crippen LogP contribution is 2.24. The molecule has 6 nitrogen and oxygen atoms in total. The van der Waals surface area contributed by atoms with Crippen LogP contribution in [0.4, 0.5) is 5.69 Å². The summed E-state index contributed by atoms with van der Waals surface area (Å²) in [7, 11) is -3.38. The second-order valence-electron chi connectivity index (χ2n) is 7.54. The molecule has 1 aromatic carbocycles. The van der Waals surface area contributed by atoms with Gasteiger partial charge in [-0.1, -0.05) is 26.0 Å². The maximum atomic E-state index is 12.6. The predicted octanol–water partition coefficient (Wildman–Crippen LogP) is 1.87. The molecule has 1 saturated heterocycles. The van der Waals surface area contributed by atoms with Gasteiger partial charge in [-0.2, -0.15) is 4.31 Å². The van der Waals surface area contributed by atoms with E-state index in [1.807, 2.05) is 13.8 Å². The number of benzene rings is 1. The molecular weight excluding hydrogens is 350 g/mol. The molecule has 1 fully saturated rings. The lowest BCUT2D eigenvalue weighted by atomic mass is 10.1. The van der Waals surface area contributed by atoms with Crippen molar-refractivity contribution < 1.29 is 13.2 Å². The zero-order valence-corrected chi connectivity index (χ0v) is 17.3. The number of piperazine rings is 1. The molecule has 0 atom stereocenters. The fourth-order valence-corrected chi connectivity index (χ4v) is 4.16. The zero-order valence-electron chi connectivity index (χ0n) is 16.5. The topological polar surface area (TPSA) is 60.9 Å². The van der Waals surface area contributed by atoms with Gasteiger partial charge in [0.25, 0.3) is 0 Å². The summed E-state index contributed by atoms with van der Waals surface area (Å²) in [6.45, 7) is 11.2. The summed E-state index contributed by atoms with van der Waals surface area (Å²) in [5, 5.41) is 0. The second kappa shape index (κ2) is 8.39. The molecule has 0 aromatic heterocycles. The van der Waals surface area contributed by atoms with Crippen LogP contribution in [0, 0.1) is 19.8 Å². The minimum atomic E-state index is -3.38. The molecule has 1 heterocycles. The molecule has 7 heteroatoms. The zero-order chi connectivity index (χ0) is 19.5. The lowest BCUT2D eigenvalue weighted by Crippen LogP contribution is -2.52. The van der Waals surface area contributed by atoms with Crippen molar-refractivity contribution >= 4 is 21.6 Å². The van der Waals surface area contributed by atoms with Gasteiger partial charge in [-0.15, -0.1) is 0 Å². The van der Waals surface area contributed by atoms with Crippen LogP contribution in [0.15, 0.2) is 18.2 Å². The summed E-state index contributed by atoms with van der Waals surface area (Å²) in [4.78, 5) is 16.7. The largest absolute Gasteiger partial charge is 0.368 e. The summed E-state index contributed by atoms with van der Waals surface area (Å²) in [6.07, 6.45) is 1.17. The van der Waals surface area contributed by atoms with Gasteiger partial charge in [0.05, 0.1) is 12.8 Å². The summed E-state index contributed by atoms with van der Waals surface area (Å²) in [6, 6.07) is 6.28. The number of aryl methyl sites for hydroxylation is 1. The fraction of sp³-hybridized carbons (Fsp3) is 0.632. The molecule has 1 aliphatic heterocycles. The lowest BCUT2D eigenvalue weighted by molar-refractivity contribution is -0.131. The number of carbonyl (C=O) groups is 1. The van der Waals surface area contributed by atoms with Crippen LogP contribution >= 0.6 is 0 Å². The molecule has 2 rings (SSSR count). The second-order valence-corrected chi connectivity index (χ2v) is 9.52. The van der Waals surface area contributed by atoms with Crippen LogP contribution in [0.3, 0.4) is 0 Å². The number of rotatable bonds is 6. The van der Waals surface area contributed by atoms with Crippen LogP contribution in [0.2, 0.25) is 0 Å². The van der Waals surface area contributed by atoms with Gasteiger partial charge in [0.2, 0.25) is 15.9 Å². The van der Waals surface area contributed by atoms with Crippen LogP contribution in [0.25, 0.3) is 0 Å². The Morgan fingerprint density at radius 1 is 1.15 bits per heavy atom. The van der Waals surface area contributed by atoms with Gasteiger partial charge < -0.3 is 9.80 Å². The minimum absolute atomic E-state index is 0.0690. The van der Waals surface area contributed by atoms with E-state index in [2.05, 4.69) is 36.9 Å². The van der Waals surface area contributed by atoms with Crippen molar-refractivity contribution in [3.8, 4) is 0 Å². The van der Waals surface area contributed by atoms with E-state index in [9.17, 15) is 13.2 Å². The van der Waals surface area contributed by atoms with Crippen molar-refractivity contribution in [3.63, 3.8) is 0 Å². The molecule has 1 aromatic rings. The van der Waals surface area contributed by atoms with Crippen LogP contribution in [0.1, 0.15) is 25.0 Å². The first-order valence-corrected chi connectivity index (χ1v) is 11.0. The van der Waals surface area contributed by atoms with Crippen molar-refractivity contribution in [3.05, 3.63) is 29.3 Å². The maximum Gasteiger partial charge on any atom is 0.238 e. The summed E-state index contributed by atoms with van der Waals surface area (Å²) in [5.74, 6) is 0.0651. The normalized spacial score (nSPS) is 15.8. The Morgan fingerprint density at radius 2 is 1.77 bits per heavy atom. The molecule has 0 N–H and O–H groups in total. The molecule has 1 aliphatic rings. The van der Waals surface area contributed by atoms with E-state index in [0.29, 0.717) is 19.6 Å². The Labute approximate surface area is 157 Å². The minimum Gasteiger partial charge on any atom is -0.368 e. The van der Waals surface area contributed by atoms with Gasteiger partial charge in [-0.25, -0.2) is 8.42 Å². The van der Waals surface area contributed by atoms with Crippen molar-refractivity contribution in [2.75, 3.05) is 50.4 Å². The first kappa shape index (κ1) is 20.7. The molecule has 0 radical (unpaired) electrons. The van der Waals surface area contributed by atoms with Gasteiger partial charge in [-0.3, -0.25) is 4.79 Å². The van der Waals surface area contributed by atoms with Crippen molar-refractivity contribution in [1.29, 1.82) is 0 Å². The van der Waals surface area contributed by atoms with E-state index in [0.717, 1.165) is 13.1 Å². The van der Waals surface area contributed by atoms with E-state index in [1.165, 1.54) is 27.4 Å². The molecule has 146 valence electrons. The monoisotopic (exact) mass is 381 g/mol. The van der Waals surface area contributed by atoms with E-state index >= 15 is 0 Å². The summed E-state index contributed by atoms with van der Waals surface area (Å²) < 4.78 is 25.2. The van der Waals surface area contributed by atoms with E-state index in [4.69, 9.17) is 0 Å². The van der Waals surface area contributed by atoms with E-state index in [-0.39, 0.29) is 18.4 Å². The van der Waals surface area contributed by atoms with Gasteiger partial charge in [0.1, 0.15) is 0 Å². The van der Waals surface area contributed by atoms with Gasteiger partial charge in [0.15, 0.2) is 0 Å². The average Bonchev–Trinajstić information content (AvgIpc) is 2.55. The summed E-state index contributed by atoms with van der Waals surface area (Å²) >= 11 is 0. The van der Waals surface area contributed by atoms with Crippen LogP contribution < -0.4 is 4.90 Å². The number of anilines is 1. The molecule has 0 unspecified atom stereocenters. The Hall–Kier alpha value is -1.60. The fourth-order valence-electron chi connectivity index (χ4n) is 3.25. The maximum absolute atomic E-state index is 12.6. The van der Waals surface area contributed by atoms with E-state index < -0.39 is 10.0 Å². The van der Waals surface area contributed by atoms with Gasteiger partial charge in [-0.05, 0) is 37.0 Å². The number of hydrogen-bond acceptors (Lipinski definition) is 4.